The number of rotatable bonds is 7. The van der Waals surface area contributed by atoms with Crippen molar-refractivity contribution in [2.75, 3.05) is 24.7 Å². The van der Waals surface area contributed by atoms with E-state index in [2.05, 4.69) is 5.32 Å². The van der Waals surface area contributed by atoms with Crippen LogP contribution in [-0.4, -0.2) is 42.5 Å². The molecule has 1 atom stereocenters. The van der Waals surface area contributed by atoms with Crippen LogP contribution in [0.1, 0.15) is 29.6 Å². The Morgan fingerprint density at radius 3 is 2.71 bits per heavy atom. The molecule has 114 valence electrons. The standard InChI is InChI=1S/C16H21NO3S/c18-15(13-6-2-1-3-7-13)11-21-12-16(19)17-10-14-8-4-5-9-20-14/h1-3,6-7,14H,4-5,8-12H2,(H,17,19)/t14-/m0/s1. The Kier molecular flexibility index (Phi) is 6.76. The monoisotopic (exact) mass is 307 g/mol. The van der Waals surface area contributed by atoms with Gasteiger partial charge in [-0.1, -0.05) is 30.3 Å². The Morgan fingerprint density at radius 2 is 2.00 bits per heavy atom. The highest BCUT2D eigenvalue weighted by Gasteiger charge is 2.14. The lowest BCUT2D eigenvalue weighted by Crippen LogP contribution is -2.36. The smallest absolute Gasteiger partial charge is 0.230 e. The van der Waals surface area contributed by atoms with Crippen molar-refractivity contribution in [2.24, 2.45) is 0 Å². The summed E-state index contributed by atoms with van der Waals surface area (Å²) >= 11 is 1.35. The van der Waals surface area contributed by atoms with Crippen LogP contribution < -0.4 is 5.32 Å². The molecule has 0 aromatic heterocycles. The molecule has 1 heterocycles. The molecule has 2 rings (SSSR count). The second-order valence-corrected chi connectivity index (χ2v) is 6.06. The molecule has 1 aromatic carbocycles. The number of benzene rings is 1. The molecule has 0 unspecified atom stereocenters. The summed E-state index contributed by atoms with van der Waals surface area (Å²) < 4.78 is 5.55. The number of ketones is 1. The van der Waals surface area contributed by atoms with Crippen LogP contribution in [-0.2, 0) is 9.53 Å². The molecule has 0 aliphatic carbocycles. The molecule has 0 bridgehead atoms. The first-order valence-corrected chi connectivity index (χ1v) is 8.45. The number of Topliss-reactive ketones (excluding diaryl/α,β-unsaturated/α-hetero) is 1. The molecule has 1 aromatic rings. The summed E-state index contributed by atoms with van der Waals surface area (Å²) in [6, 6.07) is 9.15. The zero-order valence-electron chi connectivity index (χ0n) is 12.0. The summed E-state index contributed by atoms with van der Waals surface area (Å²) in [5, 5.41) is 2.87. The number of nitrogens with one attached hydrogen (secondary N) is 1. The number of ether oxygens (including phenoxy) is 1. The van der Waals surface area contributed by atoms with E-state index in [1.807, 2.05) is 18.2 Å². The van der Waals surface area contributed by atoms with Crippen LogP contribution in [0.5, 0.6) is 0 Å². The number of amides is 1. The van der Waals surface area contributed by atoms with Gasteiger partial charge in [-0.25, -0.2) is 0 Å². The first kappa shape index (κ1) is 16.0. The quantitative estimate of drug-likeness (QED) is 0.785. The molecule has 1 aliphatic rings. The summed E-state index contributed by atoms with van der Waals surface area (Å²) in [5.41, 5.74) is 0.695. The molecular weight excluding hydrogens is 286 g/mol. The third kappa shape index (κ3) is 5.89. The van der Waals surface area contributed by atoms with Crippen molar-refractivity contribution in [2.45, 2.75) is 25.4 Å². The van der Waals surface area contributed by atoms with Crippen LogP contribution >= 0.6 is 11.8 Å². The predicted octanol–water partition coefficient (Wildman–Crippen LogP) is 2.29. The fourth-order valence-corrected chi connectivity index (χ4v) is 2.93. The van der Waals surface area contributed by atoms with Gasteiger partial charge in [0.25, 0.3) is 0 Å². The van der Waals surface area contributed by atoms with Gasteiger partial charge in [-0.15, -0.1) is 11.8 Å². The Labute approximate surface area is 129 Å². The van der Waals surface area contributed by atoms with E-state index < -0.39 is 0 Å². The van der Waals surface area contributed by atoms with E-state index in [0.29, 0.717) is 23.6 Å². The minimum Gasteiger partial charge on any atom is -0.376 e. The van der Waals surface area contributed by atoms with Crippen molar-refractivity contribution in [3.63, 3.8) is 0 Å². The molecule has 0 radical (unpaired) electrons. The van der Waals surface area contributed by atoms with E-state index >= 15 is 0 Å². The van der Waals surface area contributed by atoms with Gasteiger partial charge in [0, 0.05) is 18.7 Å². The Bertz CT molecular complexity index is 458. The van der Waals surface area contributed by atoms with Gasteiger partial charge in [0.2, 0.25) is 5.91 Å². The maximum Gasteiger partial charge on any atom is 0.230 e. The normalized spacial score (nSPS) is 18.2. The van der Waals surface area contributed by atoms with Crippen LogP contribution in [0.4, 0.5) is 0 Å². The lowest BCUT2D eigenvalue weighted by molar-refractivity contribution is -0.119. The lowest BCUT2D eigenvalue weighted by atomic mass is 10.1. The Hall–Kier alpha value is -1.33. The molecule has 1 amide bonds. The van der Waals surface area contributed by atoms with E-state index in [9.17, 15) is 9.59 Å². The first-order valence-electron chi connectivity index (χ1n) is 7.30. The van der Waals surface area contributed by atoms with Crippen LogP contribution in [0.25, 0.3) is 0 Å². The molecule has 21 heavy (non-hydrogen) atoms. The summed E-state index contributed by atoms with van der Waals surface area (Å²) in [7, 11) is 0. The molecule has 1 fully saturated rings. The SMILES string of the molecule is O=C(CSCC(=O)c1ccccc1)NC[C@@H]1CCCCO1. The van der Waals surface area contributed by atoms with Gasteiger partial charge < -0.3 is 10.1 Å². The van der Waals surface area contributed by atoms with Gasteiger partial charge >= 0.3 is 0 Å². The maximum absolute atomic E-state index is 11.9. The minimum atomic E-state index is -0.0324. The van der Waals surface area contributed by atoms with E-state index in [1.165, 1.54) is 18.2 Å². The molecule has 1 N–H and O–H groups in total. The second kappa shape index (κ2) is 8.85. The van der Waals surface area contributed by atoms with Gasteiger partial charge in [-0.2, -0.15) is 0 Å². The van der Waals surface area contributed by atoms with E-state index in [4.69, 9.17) is 4.74 Å². The van der Waals surface area contributed by atoms with Crippen LogP contribution in [0.15, 0.2) is 30.3 Å². The van der Waals surface area contributed by atoms with Crippen molar-refractivity contribution in [3.8, 4) is 0 Å². The fraction of sp³-hybridized carbons (Fsp3) is 0.500. The number of carbonyl (C=O) groups excluding carboxylic acids is 2. The summed E-state index contributed by atoms with van der Waals surface area (Å²) in [6.07, 6.45) is 3.45. The average molecular weight is 307 g/mol. The zero-order valence-corrected chi connectivity index (χ0v) is 12.9. The third-order valence-corrected chi connectivity index (χ3v) is 4.30. The van der Waals surface area contributed by atoms with Crippen LogP contribution in [0.2, 0.25) is 0 Å². The Morgan fingerprint density at radius 1 is 1.19 bits per heavy atom. The molecule has 1 aliphatic heterocycles. The molecular formula is C16H21NO3S. The zero-order chi connectivity index (χ0) is 14.9. The minimum absolute atomic E-state index is 0.0324. The first-order chi connectivity index (χ1) is 10.3. The highest BCUT2D eigenvalue weighted by atomic mass is 32.2. The third-order valence-electron chi connectivity index (χ3n) is 3.36. The number of hydrogen-bond donors (Lipinski definition) is 1. The van der Waals surface area contributed by atoms with Gasteiger partial charge in [-0.3, -0.25) is 9.59 Å². The molecule has 5 heteroatoms. The molecule has 1 saturated heterocycles. The van der Waals surface area contributed by atoms with Gasteiger partial charge in [-0.05, 0) is 19.3 Å². The highest BCUT2D eigenvalue weighted by Crippen LogP contribution is 2.12. The Balaban J connectivity index is 1.59. The van der Waals surface area contributed by atoms with E-state index in [0.717, 1.165) is 19.4 Å². The predicted molar refractivity (Wildman–Crippen MR) is 84.7 cm³/mol. The lowest BCUT2D eigenvalue weighted by Gasteiger charge is -2.22. The fourth-order valence-electron chi connectivity index (χ4n) is 2.19. The summed E-state index contributed by atoms with van der Waals surface area (Å²) in [4.78, 5) is 23.6. The molecule has 0 saturated carbocycles. The summed E-state index contributed by atoms with van der Waals surface area (Å²) in [5.74, 6) is 0.668. The number of thioether (sulfide) groups is 1. The van der Waals surface area contributed by atoms with E-state index in [1.54, 1.807) is 12.1 Å². The van der Waals surface area contributed by atoms with Crippen LogP contribution in [0, 0.1) is 0 Å². The average Bonchev–Trinajstić information content (AvgIpc) is 2.54. The van der Waals surface area contributed by atoms with Gasteiger partial charge in [0.05, 0.1) is 17.6 Å². The molecule has 0 spiro atoms. The van der Waals surface area contributed by atoms with Crippen molar-refractivity contribution in [1.29, 1.82) is 0 Å². The van der Waals surface area contributed by atoms with E-state index in [-0.39, 0.29) is 17.8 Å². The molecule has 4 nitrogen and oxygen atoms in total. The number of carbonyl (C=O) groups is 2. The van der Waals surface area contributed by atoms with Gasteiger partial charge in [0.15, 0.2) is 5.78 Å². The van der Waals surface area contributed by atoms with Crippen molar-refractivity contribution >= 4 is 23.5 Å². The highest BCUT2D eigenvalue weighted by molar-refractivity contribution is 8.00. The second-order valence-electron chi connectivity index (χ2n) is 5.07. The topological polar surface area (TPSA) is 55.4 Å². The van der Waals surface area contributed by atoms with Crippen LogP contribution in [0.3, 0.4) is 0 Å². The van der Waals surface area contributed by atoms with Crippen molar-refractivity contribution in [1.82, 2.24) is 5.32 Å². The maximum atomic E-state index is 11.9. The summed E-state index contributed by atoms with van der Waals surface area (Å²) in [6.45, 7) is 1.37. The van der Waals surface area contributed by atoms with Gasteiger partial charge in [0.1, 0.15) is 0 Å². The largest absolute Gasteiger partial charge is 0.376 e. The van der Waals surface area contributed by atoms with Crippen molar-refractivity contribution < 1.29 is 14.3 Å². The van der Waals surface area contributed by atoms with Crippen molar-refractivity contribution in [3.05, 3.63) is 35.9 Å². The number of hydrogen-bond acceptors (Lipinski definition) is 4.